The largest absolute Gasteiger partial charge is 0.661 e. The summed E-state index contributed by atoms with van der Waals surface area (Å²) in [6, 6.07) is 22.2. The van der Waals surface area contributed by atoms with E-state index < -0.39 is 0 Å². The van der Waals surface area contributed by atoms with Crippen LogP contribution >= 0.6 is 0 Å². The zero-order valence-electron chi connectivity index (χ0n) is 18.7. The van der Waals surface area contributed by atoms with E-state index in [1.807, 2.05) is 0 Å². The van der Waals surface area contributed by atoms with Crippen molar-refractivity contribution in [2.45, 2.75) is 31.2 Å². The molecule has 169 valence electrons. The average Bonchev–Trinajstić information content (AvgIpc) is 2.78. The van der Waals surface area contributed by atoms with Gasteiger partial charge in [-0.15, -0.1) is 13.1 Å². The van der Waals surface area contributed by atoms with Crippen molar-refractivity contribution in [3.8, 4) is 0 Å². The zero-order chi connectivity index (χ0) is 20.5. The van der Waals surface area contributed by atoms with Gasteiger partial charge >= 0.3 is 0 Å². The van der Waals surface area contributed by atoms with Crippen LogP contribution in [0.3, 0.4) is 0 Å². The molecule has 0 aliphatic carbocycles. The van der Waals surface area contributed by atoms with Gasteiger partial charge in [0.1, 0.15) is 0 Å². The van der Waals surface area contributed by atoms with Gasteiger partial charge in [-0.1, -0.05) is 67.1 Å². The summed E-state index contributed by atoms with van der Waals surface area (Å²) in [4.78, 5) is 5.43. The van der Waals surface area contributed by atoms with E-state index in [1.165, 1.54) is 24.1 Å². The molecule has 31 heavy (non-hydrogen) atoms. The maximum absolute atomic E-state index is 4.87. The molecule has 0 aromatic heterocycles. The third-order valence-corrected chi connectivity index (χ3v) is 6.80. The summed E-state index contributed by atoms with van der Waals surface area (Å²) >= 11 is 0. The van der Waals surface area contributed by atoms with Crippen LogP contribution < -0.4 is 5.32 Å². The van der Waals surface area contributed by atoms with Gasteiger partial charge in [0.2, 0.25) is 0 Å². The van der Waals surface area contributed by atoms with Crippen molar-refractivity contribution in [1.82, 2.24) is 15.1 Å². The molecule has 2 saturated heterocycles. The van der Waals surface area contributed by atoms with Crippen molar-refractivity contribution in [2.24, 2.45) is 0 Å². The van der Waals surface area contributed by atoms with E-state index in [0.717, 1.165) is 71.6 Å². The first-order chi connectivity index (χ1) is 14.8. The minimum atomic E-state index is 0. The minimum absolute atomic E-state index is 0. The monoisotopic (exact) mass is 460 g/mol. The molecule has 4 rings (SSSR count). The number of nitrogens with one attached hydrogen (secondary N) is 1. The number of benzene rings is 2. The van der Waals surface area contributed by atoms with Crippen molar-refractivity contribution in [3.63, 3.8) is 0 Å². The number of fused-ring (bicyclic) bond motifs is 3. The average molecular weight is 461 g/mol. The summed E-state index contributed by atoms with van der Waals surface area (Å²) in [6.45, 7) is 9.79. The molecule has 2 fully saturated rings. The molecule has 0 saturated carbocycles. The molecule has 2 aliphatic heterocycles. The van der Waals surface area contributed by atoms with Gasteiger partial charge in [-0.3, -0.25) is 4.90 Å². The Bertz CT molecular complexity index is 696. The Balaban J connectivity index is 0.00000272. The molecule has 2 aromatic rings. The van der Waals surface area contributed by atoms with Gasteiger partial charge in [0.25, 0.3) is 0 Å². The molecule has 2 aliphatic rings. The van der Waals surface area contributed by atoms with Crippen LogP contribution in [-0.4, -0.2) is 74.2 Å². The Morgan fingerprint density at radius 3 is 2.10 bits per heavy atom. The summed E-state index contributed by atoms with van der Waals surface area (Å²) in [7, 11) is 0. The molecule has 4 nitrogen and oxygen atoms in total. The minimum Gasteiger partial charge on any atom is -0.661 e. The van der Waals surface area contributed by atoms with Crippen LogP contribution in [0.1, 0.15) is 24.0 Å². The molecule has 2 bridgehead atoms. The Morgan fingerprint density at radius 1 is 0.742 bits per heavy atom. The fourth-order valence-corrected chi connectivity index (χ4v) is 5.15. The van der Waals surface area contributed by atoms with Gasteiger partial charge in [-0.2, -0.15) is 0 Å². The summed E-state index contributed by atoms with van der Waals surface area (Å²) in [5.41, 5.74) is 2.99. The van der Waals surface area contributed by atoms with Crippen molar-refractivity contribution >= 4 is 0 Å². The second kappa shape index (κ2) is 12.7. The molecule has 1 radical (unpaired) electrons. The Labute approximate surface area is 199 Å². The fourth-order valence-electron chi connectivity index (χ4n) is 5.15. The first-order valence-electron chi connectivity index (χ1n) is 11.7. The second-order valence-corrected chi connectivity index (χ2v) is 8.90. The summed E-state index contributed by atoms with van der Waals surface area (Å²) in [5.74, 6) is 0. The number of nitrogens with zero attached hydrogens (tertiary/aromatic N) is 3. The second-order valence-electron chi connectivity index (χ2n) is 8.90. The molecule has 0 spiro atoms. The van der Waals surface area contributed by atoms with Crippen LogP contribution in [0, 0.1) is 0 Å². The Morgan fingerprint density at radius 2 is 1.42 bits per heavy atom. The van der Waals surface area contributed by atoms with Crippen LogP contribution in [0.15, 0.2) is 60.7 Å². The maximum Gasteiger partial charge on any atom is 0.0302 e. The van der Waals surface area contributed by atoms with Crippen molar-refractivity contribution in [3.05, 3.63) is 77.1 Å². The van der Waals surface area contributed by atoms with Crippen molar-refractivity contribution in [1.29, 1.82) is 0 Å². The third-order valence-electron chi connectivity index (χ3n) is 6.80. The Kier molecular flexibility index (Phi) is 10.0. The van der Waals surface area contributed by atoms with Gasteiger partial charge in [-0.05, 0) is 50.0 Å². The molecule has 2 atom stereocenters. The van der Waals surface area contributed by atoms with E-state index in [9.17, 15) is 0 Å². The predicted molar refractivity (Wildman–Crippen MR) is 126 cm³/mol. The zero-order valence-corrected chi connectivity index (χ0v) is 19.9. The van der Waals surface area contributed by atoms with Crippen molar-refractivity contribution < 1.29 is 17.1 Å². The van der Waals surface area contributed by atoms with Gasteiger partial charge in [0.15, 0.2) is 0 Å². The standard InChI is InChI=1S/C26H37N4.Mn/c1-3-8-24(9-4-1)22-26(23-25-10-5-2-6-11-25)12-14-28-15-18-29-17-7-13-27-16-19-30(26)21-20-29;/h1-6,8-11,28H,7,12-23H2;/q-1;. The fraction of sp³-hybridized carbons (Fsp3) is 0.538. The van der Waals surface area contributed by atoms with Gasteiger partial charge in [0, 0.05) is 48.8 Å². The topological polar surface area (TPSA) is 32.6 Å². The molecular weight excluding hydrogens is 423 g/mol. The first-order valence-corrected chi connectivity index (χ1v) is 11.7. The number of rotatable bonds is 4. The molecular formula is C26H37MnN4-. The normalized spacial score (nSPS) is 24.6. The maximum atomic E-state index is 4.87. The van der Waals surface area contributed by atoms with E-state index in [1.54, 1.807) is 0 Å². The van der Waals surface area contributed by atoms with Crippen LogP contribution in [0.4, 0.5) is 0 Å². The predicted octanol–water partition coefficient (Wildman–Crippen LogP) is 3.58. The number of hydrogen-bond acceptors (Lipinski definition) is 3. The van der Waals surface area contributed by atoms with Crippen LogP contribution in [-0.2, 0) is 29.9 Å². The quantitative estimate of drug-likeness (QED) is 0.708. The van der Waals surface area contributed by atoms with E-state index in [4.69, 9.17) is 5.32 Å². The summed E-state index contributed by atoms with van der Waals surface area (Å²) < 4.78 is 0. The smallest absolute Gasteiger partial charge is 0.0302 e. The summed E-state index contributed by atoms with van der Waals surface area (Å²) in [6.07, 6.45) is 4.53. The van der Waals surface area contributed by atoms with E-state index in [2.05, 4.69) is 75.8 Å². The third kappa shape index (κ3) is 7.15. The van der Waals surface area contributed by atoms with Crippen LogP contribution in [0.5, 0.6) is 0 Å². The Hall–Kier alpha value is -1.20. The van der Waals surface area contributed by atoms with Crippen molar-refractivity contribution in [2.75, 3.05) is 58.9 Å². The first kappa shape index (κ1) is 24.4. The molecule has 1 N–H and O–H groups in total. The molecule has 2 unspecified atom stereocenters. The van der Waals surface area contributed by atoms with E-state index in [-0.39, 0.29) is 22.6 Å². The van der Waals surface area contributed by atoms with E-state index in [0.29, 0.717) is 0 Å². The SMILES string of the molecule is [Mn].c1ccc(CC2(Cc3ccccc3)CCNCCN3CCC[N-]CCN2CC3)cc1. The van der Waals surface area contributed by atoms with Gasteiger partial charge < -0.3 is 15.5 Å². The molecule has 0 amide bonds. The molecule has 2 aromatic carbocycles. The van der Waals surface area contributed by atoms with Gasteiger partial charge in [0.05, 0.1) is 0 Å². The number of hydrogen-bond donors (Lipinski definition) is 1. The molecule has 2 heterocycles. The van der Waals surface area contributed by atoms with E-state index >= 15 is 0 Å². The van der Waals surface area contributed by atoms with Crippen LogP contribution in [0.25, 0.3) is 5.32 Å². The van der Waals surface area contributed by atoms with Gasteiger partial charge in [-0.25, -0.2) is 0 Å². The molecule has 5 heteroatoms. The summed E-state index contributed by atoms with van der Waals surface area (Å²) in [5, 5.41) is 8.63. The van der Waals surface area contributed by atoms with Crippen LogP contribution in [0.2, 0.25) is 0 Å².